The van der Waals surface area contributed by atoms with Crippen molar-refractivity contribution in [3.05, 3.63) is 35.9 Å². The first kappa shape index (κ1) is 22.2. The standard InChI is InChI=1S/C19H29N3O.2ClH/c1-19(20,16-8-3-2-4-9-16)18(23)22-13-7-12-21(14-15-22)17-10-5-6-11-17;;/h2-4,8-9,17H,5-7,10-15,20H2,1H3;2*1H. The van der Waals surface area contributed by atoms with Crippen molar-refractivity contribution < 1.29 is 4.79 Å². The Bertz CT molecular complexity index is 533. The number of carbonyl (C=O) groups is 1. The van der Waals surface area contributed by atoms with Crippen molar-refractivity contribution in [3.63, 3.8) is 0 Å². The highest BCUT2D eigenvalue weighted by Gasteiger charge is 2.35. The summed E-state index contributed by atoms with van der Waals surface area (Å²) in [7, 11) is 0. The predicted molar refractivity (Wildman–Crippen MR) is 108 cm³/mol. The predicted octanol–water partition coefficient (Wildman–Crippen LogP) is 3.18. The van der Waals surface area contributed by atoms with E-state index in [1.54, 1.807) is 0 Å². The minimum Gasteiger partial charge on any atom is -0.339 e. The van der Waals surface area contributed by atoms with Gasteiger partial charge in [-0.15, -0.1) is 24.8 Å². The minimum absolute atomic E-state index is 0. The molecule has 6 heteroatoms. The first-order chi connectivity index (χ1) is 11.1. The molecule has 1 heterocycles. The molecule has 0 aromatic heterocycles. The van der Waals surface area contributed by atoms with Crippen LogP contribution in [-0.2, 0) is 10.3 Å². The van der Waals surface area contributed by atoms with E-state index < -0.39 is 5.54 Å². The van der Waals surface area contributed by atoms with Gasteiger partial charge in [-0.1, -0.05) is 43.2 Å². The van der Waals surface area contributed by atoms with Crippen molar-refractivity contribution in [2.45, 2.75) is 50.6 Å². The summed E-state index contributed by atoms with van der Waals surface area (Å²) in [4.78, 5) is 17.6. The second kappa shape index (κ2) is 9.77. The number of nitrogens with two attached hydrogens (primary N) is 1. The second-order valence-electron chi connectivity index (χ2n) is 7.19. The number of halogens is 2. The Labute approximate surface area is 163 Å². The van der Waals surface area contributed by atoms with Crippen LogP contribution in [0.4, 0.5) is 0 Å². The lowest BCUT2D eigenvalue weighted by atomic mass is 9.91. The van der Waals surface area contributed by atoms with E-state index in [1.165, 1.54) is 25.7 Å². The summed E-state index contributed by atoms with van der Waals surface area (Å²) in [5.74, 6) is 0.0528. The van der Waals surface area contributed by atoms with Crippen molar-refractivity contribution in [2.75, 3.05) is 26.2 Å². The van der Waals surface area contributed by atoms with Gasteiger partial charge in [0.25, 0.3) is 0 Å². The van der Waals surface area contributed by atoms with Gasteiger partial charge in [-0.2, -0.15) is 0 Å². The number of carbonyl (C=O) groups excluding carboxylic acids is 1. The largest absolute Gasteiger partial charge is 0.339 e. The first-order valence-corrected chi connectivity index (χ1v) is 8.97. The van der Waals surface area contributed by atoms with E-state index in [4.69, 9.17) is 5.73 Å². The smallest absolute Gasteiger partial charge is 0.247 e. The molecular formula is C19H31Cl2N3O. The fourth-order valence-corrected chi connectivity index (χ4v) is 4.01. The molecule has 0 bridgehead atoms. The van der Waals surface area contributed by atoms with Gasteiger partial charge in [0.1, 0.15) is 5.54 Å². The maximum absolute atomic E-state index is 13.0. The van der Waals surface area contributed by atoms with E-state index >= 15 is 0 Å². The molecule has 1 aliphatic heterocycles. The molecule has 4 nitrogen and oxygen atoms in total. The maximum Gasteiger partial charge on any atom is 0.247 e. The SMILES string of the molecule is CC(N)(C(=O)N1CCCN(C2CCCC2)CC1)c1ccccc1.Cl.Cl. The topological polar surface area (TPSA) is 49.6 Å². The summed E-state index contributed by atoms with van der Waals surface area (Å²) in [5, 5.41) is 0. The Balaban J connectivity index is 0.00000156. The van der Waals surface area contributed by atoms with Crippen LogP contribution in [0.25, 0.3) is 0 Å². The molecule has 1 aromatic carbocycles. The lowest BCUT2D eigenvalue weighted by Crippen LogP contribution is -2.52. The average molecular weight is 388 g/mol. The number of amides is 1. The van der Waals surface area contributed by atoms with Gasteiger partial charge in [-0.25, -0.2) is 0 Å². The summed E-state index contributed by atoms with van der Waals surface area (Å²) in [6, 6.07) is 10.5. The highest BCUT2D eigenvalue weighted by atomic mass is 35.5. The van der Waals surface area contributed by atoms with Crippen molar-refractivity contribution in [1.29, 1.82) is 0 Å². The molecule has 1 aromatic rings. The Morgan fingerprint density at radius 1 is 1.00 bits per heavy atom. The van der Waals surface area contributed by atoms with Gasteiger partial charge in [-0.3, -0.25) is 9.69 Å². The Morgan fingerprint density at radius 3 is 2.28 bits per heavy atom. The third-order valence-corrected chi connectivity index (χ3v) is 5.48. The van der Waals surface area contributed by atoms with Crippen molar-refractivity contribution in [3.8, 4) is 0 Å². The Kier molecular flexibility index (Phi) is 8.69. The number of hydrogen-bond acceptors (Lipinski definition) is 3. The van der Waals surface area contributed by atoms with Crippen LogP contribution in [0.3, 0.4) is 0 Å². The van der Waals surface area contributed by atoms with Crippen LogP contribution in [0.2, 0.25) is 0 Å². The van der Waals surface area contributed by atoms with E-state index in [0.29, 0.717) is 0 Å². The molecule has 3 rings (SSSR count). The van der Waals surface area contributed by atoms with Gasteiger partial charge < -0.3 is 10.6 Å². The molecule has 25 heavy (non-hydrogen) atoms. The van der Waals surface area contributed by atoms with E-state index in [0.717, 1.165) is 44.2 Å². The molecule has 1 saturated heterocycles. The zero-order valence-corrected chi connectivity index (χ0v) is 16.7. The Morgan fingerprint density at radius 2 is 1.64 bits per heavy atom. The molecule has 0 spiro atoms. The van der Waals surface area contributed by atoms with Crippen LogP contribution in [-0.4, -0.2) is 47.9 Å². The van der Waals surface area contributed by atoms with Gasteiger partial charge in [0.05, 0.1) is 0 Å². The molecule has 1 aliphatic carbocycles. The van der Waals surface area contributed by atoms with E-state index in [-0.39, 0.29) is 30.7 Å². The fraction of sp³-hybridized carbons (Fsp3) is 0.632. The van der Waals surface area contributed by atoms with Crippen LogP contribution in [0.15, 0.2) is 30.3 Å². The number of benzene rings is 1. The van der Waals surface area contributed by atoms with Crippen LogP contribution in [0.1, 0.15) is 44.6 Å². The molecule has 0 radical (unpaired) electrons. The molecule has 1 unspecified atom stereocenters. The third kappa shape index (κ3) is 5.10. The van der Waals surface area contributed by atoms with Crippen LogP contribution in [0, 0.1) is 0 Å². The van der Waals surface area contributed by atoms with Gasteiger partial charge in [0.2, 0.25) is 5.91 Å². The highest BCUT2D eigenvalue weighted by Crippen LogP contribution is 2.25. The number of rotatable bonds is 3. The quantitative estimate of drug-likeness (QED) is 0.865. The summed E-state index contributed by atoms with van der Waals surface area (Å²) >= 11 is 0. The average Bonchev–Trinajstić information content (AvgIpc) is 3.00. The monoisotopic (exact) mass is 387 g/mol. The molecule has 1 saturated carbocycles. The van der Waals surface area contributed by atoms with Crippen molar-refractivity contribution in [2.24, 2.45) is 5.73 Å². The van der Waals surface area contributed by atoms with Gasteiger partial charge >= 0.3 is 0 Å². The van der Waals surface area contributed by atoms with Crippen molar-refractivity contribution >= 4 is 30.7 Å². The summed E-state index contributed by atoms with van der Waals surface area (Å²) in [5.41, 5.74) is 6.37. The first-order valence-electron chi connectivity index (χ1n) is 8.97. The van der Waals surface area contributed by atoms with Crippen LogP contribution < -0.4 is 5.73 Å². The fourth-order valence-electron chi connectivity index (χ4n) is 4.01. The van der Waals surface area contributed by atoms with Crippen LogP contribution in [0.5, 0.6) is 0 Å². The molecule has 2 aliphatic rings. The van der Waals surface area contributed by atoms with Gasteiger partial charge in [-0.05, 0) is 31.7 Å². The van der Waals surface area contributed by atoms with Gasteiger partial charge in [0.15, 0.2) is 0 Å². The zero-order valence-electron chi connectivity index (χ0n) is 15.0. The second-order valence-corrected chi connectivity index (χ2v) is 7.19. The normalized spacial score (nSPS) is 21.6. The molecule has 2 N–H and O–H groups in total. The number of hydrogen-bond donors (Lipinski definition) is 1. The number of nitrogens with zero attached hydrogens (tertiary/aromatic N) is 2. The molecule has 2 fully saturated rings. The van der Waals surface area contributed by atoms with Crippen LogP contribution >= 0.6 is 24.8 Å². The third-order valence-electron chi connectivity index (χ3n) is 5.48. The van der Waals surface area contributed by atoms with Crippen molar-refractivity contribution in [1.82, 2.24) is 9.80 Å². The van der Waals surface area contributed by atoms with E-state index in [1.807, 2.05) is 42.2 Å². The lowest BCUT2D eigenvalue weighted by molar-refractivity contribution is -0.136. The summed E-state index contributed by atoms with van der Waals surface area (Å²) < 4.78 is 0. The summed E-state index contributed by atoms with van der Waals surface area (Å²) in [6.45, 7) is 5.56. The van der Waals surface area contributed by atoms with Gasteiger partial charge in [0, 0.05) is 32.2 Å². The highest BCUT2D eigenvalue weighted by molar-refractivity contribution is 5.87. The molecule has 142 valence electrons. The lowest BCUT2D eigenvalue weighted by Gasteiger charge is -2.32. The zero-order chi connectivity index (χ0) is 16.3. The molecule has 1 atom stereocenters. The van der Waals surface area contributed by atoms with E-state index in [2.05, 4.69) is 4.90 Å². The maximum atomic E-state index is 13.0. The summed E-state index contributed by atoms with van der Waals surface area (Å²) in [6.07, 6.45) is 6.42. The van der Waals surface area contributed by atoms with E-state index in [9.17, 15) is 4.79 Å². The minimum atomic E-state index is -0.941. The Hall–Kier alpha value is -0.810. The molecule has 1 amide bonds. The molecular weight excluding hydrogens is 357 g/mol.